The van der Waals surface area contributed by atoms with E-state index in [1.807, 2.05) is 40.1 Å². The van der Waals surface area contributed by atoms with Crippen LogP contribution in [-0.4, -0.2) is 82.1 Å². The van der Waals surface area contributed by atoms with Crippen molar-refractivity contribution in [3.8, 4) is 0 Å². The van der Waals surface area contributed by atoms with Crippen LogP contribution in [0, 0.1) is 5.92 Å². The van der Waals surface area contributed by atoms with Crippen molar-refractivity contribution in [3.63, 3.8) is 0 Å². The van der Waals surface area contributed by atoms with Gasteiger partial charge in [-0.1, -0.05) is 30.3 Å². The Balaban J connectivity index is 1.43. The number of aliphatic hydroxyl groups is 3. The Morgan fingerprint density at radius 3 is 2.20 bits per heavy atom. The summed E-state index contributed by atoms with van der Waals surface area (Å²) in [4.78, 5) is 16.4. The molecular formula is C19H28N2O4. The molecule has 1 amide bonds. The topological polar surface area (TPSA) is 84.2 Å². The van der Waals surface area contributed by atoms with Gasteiger partial charge < -0.3 is 20.2 Å². The van der Waals surface area contributed by atoms with E-state index in [9.17, 15) is 20.1 Å². The third kappa shape index (κ3) is 4.79. The maximum absolute atomic E-state index is 12.4. The standard InChI is InChI=1S/C19H28N2O4/c22-16-12-20(13-17(23)19(16)25)11-15-6-8-21(9-7-15)18(24)10-14-4-2-1-3-5-14/h1-5,15-17,19,22-23,25H,6-13H2/t16-,17+,19?. The van der Waals surface area contributed by atoms with Crippen molar-refractivity contribution < 1.29 is 20.1 Å². The van der Waals surface area contributed by atoms with E-state index in [0.29, 0.717) is 25.4 Å². The van der Waals surface area contributed by atoms with Crippen molar-refractivity contribution in [2.45, 2.75) is 37.6 Å². The van der Waals surface area contributed by atoms with Gasteiger partial charge in [0.1, 0.15) is 6.10 Å². The average molecular weight is 348 g/mol. The van der Waals surface area contributed by atoms with E-state index in [4.69, 9.17) is 0 Å². The van der Waals surface area contributed by atoms with Crippen LogP contribution >= 0.6 is 0 Å². The smallest absolute Gasteiger partial charge is 0.226 e. The van der Waals surface area contributed by atoms with Gasteiger partial charge in [0.2, 0.25) is 5.91 Å². The first-order valence-corrected chi connectivity index (χ1v) is 9.11. The molecule has 0 aliphatic carbocycles. The summed E-state index contributed by atoms with van der Waals surface area (Å²) in [6, 6.07) is 9.81. The Labute approximate surface area is 148 Å². The third-order valence-corrected chi connectivity index (χ3v) is 5.36. The summed E-state index contributed by atoms with van der Waals surface area (Å²) in [5.41, 5.74) is 1.05. The number of likely N-dealkylation sites (tertiary alicyclic amines) is 2. The monoisotopic (exact) mass is 348 g/mol. The summed E-state index contributed by atoms with van der Waals surface area (Å²) >= 11 is 0. The Morgan fingerprint density at radius 1 is 1.00 bits per heavy atom. The molecule has 0 spiro atoms. The first kappa shape index (κ1) is 18.3. The zero-order chi connectivity index (χ0) is 17.8. The Morgan fingerprint density at radius 2 is 1.60 bits per heavy atom. The Bertz CT molecular complexity index is 548. The van der Waals surface area contributed by atoms with Crippen molar-refractivity contribution in [2.75, 3.05) is 32.7 Å². The zero-order valence-electron chi connectivity index (χ0n) is 14.5. The molecule has 2 fully saturated rings. The molecule has 138 valence electrons. The maximum atomic E-state index is 12.4. The number of hydrogen-bond acceptors (Lipinski definition) is 5. The number of nitrogens with zero attached hydrogens (tertiary/aromatic N) is 2. The quantitative estimate of drug-likeness (QED) is 0.706. The minimum absolute atomic E-state index is 0.177. The predicted octanol–water partition coefficient (Wildman–Crippen LogP) is -0.134. The lowest BCUT2D eigenvalue weighted by Gasteiger charge is -2.40. The molecule has 6 heteroatoms. The molecule has 3 N–H and O–H groups in total. The molecule has 1 unspecified atom stereocenters. The normalized spacial score (nSPS) is 28.9. The lowest BCUT2D eigenvalue weighted by atomic mass is 9.93. The van der Waals surface area contributed by atoms with Crippen LogP contribution in [0.5, 0.6) is 0 Å². The fourth-order valence-electron chi connectivity index (χ4n) is 3.84. The van der Waals surface area contributed by atoms with Crippen LogP contribution in [0.15, 0.2) is 30.3 Å². The molecule has 6 nitrogen and oxygen atoms in total. The highest BCUT2D eigenvalue weighted by Crippen LogP contribution is 2.21. The first-order chi connectivity index (χ1) is 12.0. The highest BCUT2D eigenvalue weighted by Gasteiger charge is 2.34. The van der Waals surface area contributed by atoms with Gasteiger partial charge in [-0.25, -0.2) is 0 Å². The summed E-state index contributed by atoms with van der Waals surface area (Å²) in [6.45, 7) is 3.11. The van der Waals surface area contributed by atoms with Gasteiger partial charge in [0.25, 0.3) is 0 Å². The summed E-state index contributed by atoms with van der Waals surface area (Å²) in [7, 11) is 0. The van der Waals surface area contributed by atoms with Crippen LogP contribution in [0.25, 0.3) is 0 Å². The molecule has 0 aromatic heterocycles. The highest BCUT2D eigenvalue weighted by atomic mass is 16.4. The Hall–Kier alpha value is -1.47. The van der Waals surface area contributed by atoms with Gasteiger partial charge in [-0.05, 0) is 24.3 Å². The molecule has 1 aromatic rings. The zero-order valence-corrected chi connectivity index (χ0v) is 14.5. The van der Waals surface area contributed by atoms with Gasteiger partial charge in [-0.15, -0.1) is 0 Å². The summed E-state index contributed by atoms with van der Waals surface area (Å²) in [5, 5.41) is 29.2. The fraction of sp³-hybridized carbons (Fsp3) is 0.632. The molecule has 0 bridgehead atoms. The molecule has 25 heavy (non-hydrogen) atoms. The van der Waals surface area contributed by atoms with Gasteiger partial charge in [0, 0.05) is 32.7 Å². The largest absolute Gasteiger partial charge is 0.389 e. The second-order valence-corrected chi connectivity index (χ2v) is 7.33. The molecule has 3 rings (SSSR count). The van der Waals surface area contributed by atoms with Crippen LogP contribution in [-0.2, 0) is 11.2 Å². The van der Waals surface area contributed by atoms with E-state index in [2.05, 4.69) is 0 Å². The summed E-state index contributed by atoms with van der Waals surface area (Å²) in [5.74, 6) is 0.631. The number of carbonyl (C=O) groups excluding carboxylic acids is 1. The van der Waals surface area contributed by atoms with E-state index in [1.54, 1.807) is 0 Å². The van der Waals surface area contributed by atoms with Crippen LogP contribution in [0.2, 0.25) is 0 Å². The number of hydrogen-bond donors (Lipinski definition) is 3. The van der Waals surface area contributed by atoms with E-state index in [0.717, 1.165) is 38.0 Å². The molecule has 2 aliphatic rings. The van der Waals surface area contributed by atoms with Crippen LogP contribution < -0.4 is 0 Å². The number of benzene rings is 1. The van der Waals surface area contributed by atoms with E-state index in [-0.39, 0.29) is 5.91 Å². The van der Waals surface area contributed by atoms with E-state index >= 15 is 0 Å². The number of piperidine rings is 2. The molecule has 3 atom stereocenters. The highest BCUT2D eigenvalue weighted by molar-refractivity contribution is 5.78. The second-order valence-electron chi connectivity index (χ2n) is 7.33. The van der Waals surface area contributed by atoms with Crippen LogP contribution in [0.3, 0.4) is 0 Å². The number of β-amino-alcohol motifs (C(OH)–C–C–N with tert-alkyl or cyclic N) is 2. The van der Waals surface area contributed by atoms with Gasteiger partial charge in [-0.3, -0.25) is 9.69 Å². The molecule has 0 radical (unpaired) electrons. The van der Waals surface area contributed by atoms with Gasteiger partial charge in [-0.2, -0.15) is 0 Å². The molecule has 1 aromatic carbocycles. The first-order valence-electron chi connectivity index (χ1n) is 9.11. The van der Waals surface area contributed by atoms with Gasteiger partial charge in [0.05, 0.1) is 18.6 Å². The van der Waals surface area contributed by atoms with Crippen molar-refractivity contribution in [1.29, 1.82) is 0 Å². The number of amides is 1. The van der Waals surface area contributed by atoms with E-state index < -0.39 is 18.3 Å². The summed E-state index contributed by atoms with van der Waals surface area (Å²) in [6.07, 6.45) is -0.507. The van der Waals surface area contributed by atoms with Crippen LogP contribution in [0.4, 0.5) is 0 Å². The number of aliphatic hydroxyl groups excluding tert-OH is 3. The summed E-state index contributed by atoms with van der Waals surface area (Å²) < 4.78 is 0. The average Bonchev–Trinajstić information content (AvgIpc) is 2.61. The minimum Gasteiger partial charge on any atom is -0.389 e. The molecule has 0 saturated carbocycles. The third-order valence-electron chi connectivity index (χ3n) is 5.36. The van der Waals surface area contributed by atoms with Gasteiger partial charge >= 0.3 is 0 Å². The number of rotatable bonds is 4. The van der Waals surface area contributed by atoms with Crippen molar-refractivity contribution in [2.24, 2.45) is 5.92 Å². The molecular weight excluding hydrogens is 320 g/mol. The molecule has 2 aliphatic heterocycles. The number of carbonyl (C=O) groups is 1. The SMILES string of the molecule is O=C(Cc1ccccc1)N1CCC(CN2C[C@@H](O)C(O)[C@@H](O)C2)CC1. The lowest BCUT2D eigenvalue weighted by molar-refractivity contribution is -0.132. The van der Waals surface area contributed by atoms with Crippen LogP contribution in [0.1, 0.15) is 18.4 Å². The van der Waals surface area contributed by atoms with E-state index in [1.165, 1.54) is 0 Å². The van der Waals surface area contributed by atoms with Crippen molar-refractivity contribution in [1.82, 2.24) is 9.80 Å². The lowest BCUT2D eigenvalue weighted by Crippen LogP contribution is -2.56. The minimum atomic E-state index is -1.05. The predicted molar refractivity (Wildman–Crippen MR) is 93.9 cm³/mol. The van der Waals surface area contributed by atoms with Crippen molar-refractivity contribution in [3.05, 3.63) is 35.9 Å². The second kappa shape index (κ2) is 8.27. The fourth-order valence-corrected chi connectivity index (χ4v) is 3.84. The maximum Gasteiger partial charge on any atom is 0.226 e. The molecule has 2 heterocycles. The van der Waals surface area contributed by atoms with Crippen molar-refractivity contribution >= 4 is 5.91 Å². The molecule has 2 saturated heterocycles. The Kier molecular flexibility index (Phi) is 6.06. The van der Waals surface area contributed by atoms with Gasteiger partial charge in [0.15, 0.2) is 0 Å².